The van der Waals surface area contributed by atoms with Crippen molar-refractivity contribution in [3.63, 3.8) is 0 Å². The van der Waals surface area contributed by atoms with Crippen LogP contribution in [0.2, 0.25) is 0 Å². The molecule has 0 aromatic carbocycles. The fourth-order valence-electron chi connectivity index (χ4n) is 1.24. The highest BCUT2D eigenvalue weighted by molar-refractivity contribution is 7.84. The Labute approximate surface area is 84.9 Å². The average Bonchev–Trinajstić information content (AvgIpc) is 2.08. The second-order valence-electron chi connectivity index (χ2n) is 3.63. The van der Waals surface area contributed by atoms with Crippen molar-refractivity contribution in [1.29, 1.82) is 0 Å². The van der Waals surface area contributed by atoms with E-state index < -0.39 is 10.8 Å². The maximum Gasteiger partial charge on any atom is 0.0244 e. The molecule has 0 aromatic heterocycles. The molecule has 80 valence electrons. The first kappa shape index (κ1) is 13.1. The number of unbranched alkanes of at least 4 members (excludes halogenated alkanes) is 1. The lowest BCUT2D eigenvalue weighted by molar-refractivity contribution is 0.495. The van der Waals surface area contributed by atoms with Gasteiger partial charge in [0.25, 0.3) is 0 Å². The summed E-state index contributed by atoms with van der Waals surface area (Å²) in [5.41, 5.74) is 0. The highest BCUT2D eigenvalue weighted by Gasteiger charge is 1.99. The van der Waals surface area contributed by atoms with Crippen molar-refractivity contribution in [1.82, 2.24) is 5.32 Å². The van der Waals surface area contributed by atoms with Crippen molar-refractivity contribution in [3.05, 3.63) is 0 Å². The first-order chi connectivity index (χ1) is 6.16. The Kier molecular flexibility index (Phi) is 8.77. The second-order valence-corrected chi connectivity index (χ2v) is 5.18. The standard InChI is InChI=1S/C10H23NOS/c1-4-5-7-10(2)11-8-6-9-13(3)12/h10-11H,4-9H2,1-3H3. The van der Waals surface area contributed by atoms with Crippen LogP contribution >= 0.6 is 0 Å². The quantitative estimate of drug-likeness (QED) is 0.613. The molecule has 0 fully saturated rings. The second kappa shape index (κ2) is 8.70. The lowest BCUT2D eigenvalue weighted by Crippen LogP contribution is -2.27. The number of hydrogen-bond donors (Lipinski definition) is 1. The van der Waals surface area contributed by atoms with Gasteiger partial charge < -0.3 is 5.32 Å². The molecule has 0 radical (unpaired) electrons. The molecule has 2 unspecified atom stereocenters. The third kappa shape index (κ3) is 10.0. The predicted molar refractivity (Wildman–Crippen MR) is 60.5 cm³/mol. The molecule has 0 saturated carbocycles. The Morgan fingerprint density at radius 1 is 1.38 bits per heavy atom. The molecule has 0 aliphatic heterocycles. The number of nitrogens with one attached hydrogen (secondary N) is 1. The Bertz CT molecular complexity index is 139. The molecule has 2 atom stereocenters. The fourth-order valence-corrected chi connectivity index (χ4v) is 1.79. The molecule has 0 saturated heterocycles. The Morgan fingerprint density at radius 2 is 2.08 bits per heavy atom. The van der Waals surface area contributed by atoms with Crippen LogP contribution in [0.5, 0.6) is 0 Å². The molecule has 1 N–H and O–H groups in total. The summed E-state index contributed by atoms with van der Waals surface area (Å²) in [6.07, 6.45) is 6.62. The van der Waals surface area contributed by atoms with E-state index >= 15 is 0 Å². The van der Waals surface area contributed by atoms with E-state index in [9.17, 15) is 4.21 Å². The summed E-state index contributed by atoms with van der Waals surface area (Å²) in [6, 6.07) is 0.616. The molecule has 0 bridgehead atoms. The monoisotopic (exact) mass is 205 g/mol. The molecule has 0 spiro atoms. The van der Waals surface area contributed by atoms with Crippen molar-refractivity contribution < 1.29 is 4.21 Å². The van der Waals surface area contributed by atoms with Gasteiger partial charge in [0.15, 0.2) is 0 Å². The van der Waals surface area contributed by atoms with Gasteiger partial charge in [0.1, 0.15) is 0 Å². The lowest BCUT2D eigenvalue weighted by atomic mass is 10.1. The van der Waals surface area contributed by atoms with Gasteiger partial charge in [-0.05, 0) is 26.3 Å². The Morgan fingerprint density at radius 3 is 2.62 bits per heavy atom. The third-order valence-electron chi connectivity index (χ3n) is 2.09. The van der Waals surface area contributed by atoms with Crippen LogP contribution in [-0.2, 0) is 10.8 Å². The minimum absolute atomic E-state index is 0.616. The van der Waals surface area contributed by atoms with Crippen LogP contribution in [0, 0.1) is 0 Å². The summed E-state index contributed by atoms with van der Waals surface area (Å²) >= 11 is 0. The van der Waals surface area contributed by atoms with Gasteiger partial charge in [-0.25, -0.2) is 0 Å². The summed E-state index contributed by atoms with van der Waals surface area (Å²) in [6.45, 7) is 5.44. The smallest absolute Gasteiger partial charge is 0.0244 e. The lowest BCUT2D eigenvalue weighted by Gasteiger charge is -2.12. The molecule has 0 aliphatic rings. The first-order valence-corrected chi connectivity index (χ1v) is 6.93. The van der Waals surface area contributed by atoms with E-state index in [0.29, 0.717) is 6.04 Å². The molecule has 0 aliphatic carbocycles. The zero-order valence-corrected chi connectivity index (χ0v) is 9.95. The third-order valence-corrected chi connectivity index (χ3v) is 2.96. The average molecular weight is 205 g/mol. The van der Waals surface area contributed by atoms with Gasteiger partial charge >= 0.3 is 0 Å². The normalized spacial score (nSPS) is 15.6. The largest absolute Gasteiger partial charge is 0.314 e. The van der Waals surface area contributed by atoms with Crippen molar-refractivity contribution >= 4 is 10.8 Å². The van der Waals surface area contributed by atoms with E-state index in [1.165, 1.54) is 19.3 Å². The number of rotatable bonds is 8. The van der Waals surface area contributed by atoms with Crippen LogP contribution in [0.3, 0.4) is 0 Å². The number of hydrogen-bond acceptors (Lipinski definition) is 2. The summed E-state index contributed by atoms with van der Waals surface area (Å²) in [5, 5.41) is 3.44. The van der Waals surface area contributed by atoms with Crippen molar-refractivity contribution in [2.45, 2.75) is 45.6 Å². The zero-order chi connectivity index (χ0) is 10.1. The highest BCUT2D eigenvalue weighted by atomic mass is 32.2. The van der Waals surface area contributed by atoms with Crippen LogP contribution < -0.4 is 5.32 Å². The van der Waals surface area contributed by atoms with E-state index in [2.05, 4.69) is 19.2 Å². The van der Waals surface area contributed by atoms with Gasteiger partial charge in [-0.1, -0.05) is 19.8 Å². The summed E-state index contributed by atoms with van der Waals surface area (Å²) in [5.74, 6) is 0.827. The first-order valence-electron chi connectivity index (χ1n) is 5.20. The van der Waals surface area contributed by atoms with Gasteiger partial charge in [-0.2, -0.15) is 0 Å². The van der Waals surface area contributed by atoms with E-state index in [1.54, 1.807) is 6.26 Å². The van der Waals surface area contributed by atoms with Gasteiger partial charge in [0.05, 0.1) is 0 Å². The molecule has 0 heterocycles. The molecule has 2 nitrogen and oxygen atoms in total. The molecule has 0 rings (SSSR count). The molecule has 3 heteroatoms. The summed E-state index contributed by atoms with van der Waals surface area (Å²) < 4.78 is 10.7. The molecule has 0 amide bonds. The zero-order valence-electron chi connectivity index (χ0n) is 9.14. The van der Waals surface area contributed by atoms with Crippen molar-refractivity contribution in [3.8, 4) is 0 Å². The van der Waals surface area contributed by atoms with Crippen LogP contribution in [0.25, 0.3) is 0 Å². The highest BCUT2D eigenvalue weighted by Crippen LogP contribution is 1.99. The van der Waals surface area contributed by atoms with Gasteiger partial charge in [-0.3, -0.25) is 4.21 Å². The van der Waals surface area contributed by atoms with Crippen molar-refractivity contribution in [2.24, 2.45) is 0 Å². The molecular formula is C10H23NOS. The fraction of sp³-hybridized carbons (Fsp3) is 1.00. The minimum atomic E-state index is -0.626. The van der Waals surface area contributed by atoms with E-state index in [-0.39, 0.29) is 0 Å². The van der Waals surface area contributed by atoms with Crippen LogP contribution in [0.1, 0.15) is 39.5 Å². The van der Waals surface area contributed by atoms with Crippen LogP contribution in [-0.4, -0.2) is 28.8 Å². The maximum atomic E-state index is 10.7. The SMILES string of the molecule is CCCCC(C)NCCCS(C)=O. The van der Waals surface area contributed by atoms with Gasteiger partial charge in [0.2, 0.25) is 0 Å². The van der Waals surface area contributed by atoms with Crippen LogP contribution in [0.4, 0.5) is 0 Å². The Balaban J connectivity index is 3.16. The van der Waals surface area contributed by atoms with E-state index in [4.69, 9.17) is 0 Å². The summed E-state index contributed by atoms with van der Waals surface area (Å²) in [4.78, 5) is 0. The maximum absolute atomic E-state index is 10.7. The van der Waals surface area contributed by atoms with E-state index in [0.717, 1.165) is 18.7 Å². The summed E-state index contributed by atoms with van der Waals surface area (Å²) in [7, 11) is -0.626. The topological polar surface area (TPSA) is 29.1 Å². The molecule has 0 aromatic rings. The van der Waals surface area contributed by atoms with Gasteiger partial charge in [-0.15, -0.1) is 0 Å². The molecule has 13 heavy (non-hydrogen) atoms. The van der Waals surface area contributed by atoms with Crippen LogP contribution in [0.15, 0.2) is 0 Å². The predicted octanol–water partition coefficient (Wildman–Crippen LogP) is 1.92. The minimum Gasteiger partial charge on any atom is -0.314 e. The van der Waals surface area contributed by atoms with Crippen molar-refractivity contribution in [2.75, 3.05) is 18.6 Å². The molecular weight excluding hydrogens is 182 g/mol. The Hall–Kier alpha value is 0.110. The van der Waals surface area contributed by atoms with Gasteiger partial charge in [0, 0.05) is 28.9 Å². The van der Waals surface area contributed by atoms with E-state index in [1.807, 2.05) is 0 Å².